The highest BCUT2D eigenvalue weighted by molar-refractivity contribution is 7.47. The normalized spacial score (nSPS) is 13.8. The number of hydrogen-bond acceptors (Lipinski definition) is 6. The number of ether oxygens (including phenoxy) is 1. The van der Waals surface area contributed by atoms with Gasteiger partial charge in [-0.15, -0.1) is 0 Å². The minimum atomic E-state index is -4.45. The molecule has 0 spiro atoms. The van der Waals surface area contributed by atoms with Crippen LogP contribution in [0.25, 0.3) is 0 Å². The lowest BCUT2D eigenvalue weighted by Gasteiger charge is -2.27. The number of phosphoric acid groups is 1. The molecule has 10 heteroatoms. The number of amides is 1. The lowest BCUT2D eigenvalue weighted by molar-refractivity contribution is -0.870. The Morgan fingerprint density at radius 3 is 1.20 bits per heavy atom. The zero-order valence-corrected chi connectivity index (χ0v) is 54.3. The average Bonchev–Trinajstić information content (AvgIpc) is 3.41. The molecule has 0 aliphatic heterocycles. The fourth-order valence-corrected chi connectivity index (χ4v) is 11.1. The van der Waals surface area contributed by atoms with E-state index >= 15 is 0 Å². The minimum absolute atomic E-state index is 0.0408. The predicted molar refractivity (Wildman–Crippen MR) is 342 cm³/mol. The molecule has 1 amide bonds. The van der Waals surface area contributed by atoms with Crippen LogP contribution < -0.4 is 5.32 Å². The molecular formula is C69H134N2O7P+. The molecule has 79 heavy (non-hydrogen) atoms. The molecular weight excluding hydrogens is 1000 g/mol. The summed E-state index contributed by atoms with van der Waals surface area (Å²) in [6.45, 7) is 6.95. The summed E-state index contributed by atoms with van der Waals surface area (Å²) < 4.78 is 30.8. The van der Waals surface area contributed by atoms with Crippen LogP contribution in [-0.2, 0) is 27.9 Å². The summed E-state index contributed by atoms with van der Waals surface area (Å²) in [6, 6.07) is -0.849. The van der Waals surface area contributed by atoms with Crippen LogP contribution >= 0.6 is 7.82 Å². The van der Waals surface area contributed by atoms with Gasteiger partial charge in [-0.05, 0) is 57.4 Å². The second-order valence-corrected chi connectivity index (χ2v) is 26.1. The fourth-order valence-electron chi connectivity index (χ4n) is 10.3. The number of rotatable bonds is 63. The van der Waals surface area contributed by atoms with Gasteiger partial charge in [-0.1, -0.05) is 308 Å². The van der Waals surface area contributed by atoms with Crippen LogP contribution in [0.5, 0.6) is 0 Å². The third kappa shape index (κ3) is 60.6. The number of nitrogens with one attached hydrogen (secondary N) is 1. The van der Waals surface area contributed by atoms with Gasteiger partial charge in [0.05, 0.1) is 33.8 Å². The highest BCUT2D eigenvalue weighted by Crippen LogP contribution is 2.43. The van der Waals surface area contributed by atoms with Crippen LogP contribution in [0.4, 0.5) is 0 Å². The number of hydrogen-bond donors (Lipinski definition) is 2. The van der Waals surface area contributed by atoms with E-state index in [2.05, 4.69) is 50.4 Å². The van der Waals surface area contributed by atoms with Crippen molar-refractivity contribution in [2.75, 3.05) is 40.9 Å². The van der Waals surface area contributed by atoms with Crippen LogP contribution in [0.1, 0.15) is 342 Å². The maximum Gasteiger partial charge on any atom is 0.472 e. The van der Waals surface area contributed by atoms with Crippen LogP contribution in [-0.4, -0.2) is 74.3 Å². The van der Waals surface area contributed by atoms with E-state index in [9.17, 15) is 19.0 Å². The van der Waals surface area contributed by atoms with E-state index in [0.29, 0.717) is 23.9 Å². The van der Waals surface area contributed by atoms with Crippen molar-refractivity contribution in [3.8, 4) is 0 Å². The molecule has 0 heterocycles. The molecule has 0 bridgehead atoms. The first-order chi connectivity index (χ1) is 38.4. The van der Waals surface area contributed by atoms with Crippen molar-refractivity contribution in [3.05, 3.63) is 36.5 Å². The molecule has 3 unspecified atom stereocenters. The van der Waals surface area contributed by atoms with Crippen molar-refractivity contribution in [2.45, 2.75) is 354 Å². The number of quaternary nitrogens is 1. The number of likely N-dealkylation sites (N-methyl/N-ethyl adjacent to an activating group) is 1. The zero-order chi connectivity index (χ0) is 57.9. The number of carbonyl (C=O) groups is 2. The number of phosphoric ester groups is 1. The Morgan fingerprint density at radius 1 is 0.456 bits per heavy atom. The highest BCUT2D eigenvalue weighted by Gasteiger charge is 2.30. The summed E-state index contributed by atoms with van der Waals surface area (Å²) in [5.74, 6) is -0.499. The zero-order valence-electron chi connectivity index (χ0n) is 53.4. The predicted octanol–water partition coefficient (Wildman–Crippen LogP) is 21.5. The molecule has 0 fully saturated rings. The Hall–Kier alpha value is -1.77. The van der Waals surface area contributed by atoms with Gasteiger partial charge in [0.25, 0.3) is 0 Å². The Balaban J connectivity index is 4.96. The standard InChI is InChI=1S/C69H133N2O7P/c1-7-10-13-16-19-22-25-28-30-31-32-33-34-35-36-37-38-39-40-41-42-44-47-50-53-56-59-62-69(73)78-67(60-57-54-51-48-45-27-24-21-18-15-12-9-3)66(65-77-79(74,75)76-64-63-71(4,5)6)70-68(72)61-58-55-52-49-46-43-29-26-23-20-17-14-11-8-2/h11,14,20,23,57,60,66-67H,7-10,12-13,15-19,21-22,24-56,58-59,61-65H2,1-6H3,(H-,70,72,74,75)/p+1/b14-11+,23-20+,60-57-. The van der Waals surface area contributed by atoms with E-state index in [1.54, 1.807) is 0 Å². The van der Waals surface area contributed by atoms with Crippen LogP contribution in [0.2, 0.25) is 0 Å². The number of allylic oxidation sites excluding steroid dienone is 5. The first kappa shape index (κ1) is 77.2. The molecule has 0 saturated carbocycles. The Morgan fingerprint density at radius 2 is 0.810 bits per heavy atom. The van der Waals surface area contributed by atoms with Crippen LogP contribution in [0, 0.1) is 0 Å². The molecule has 2 N–H and O–H groups in total. The summed E-state index contributed by atoms with van der Waals surface area (Å²) in [7, 11) is 1.50. The number of carbonyl (C=O) groups excluding carboxylic acids is 2. The van der Waals surface area contributed by atoms with E-state index < -0.39 is 20.0 Å². The topological polar surface area (TPSA) is 111 Å². The van der Waals surface area contributed by atoms with Crippen molar-refractivity contribution in [1.29, 1.82) is 0 Å². The van der Waals surface area contributed by atoms with Gasteiger partial charge in [0.1, 0.15) is 19.3 Å². The van der Waals surface area contributed by atoms with Gasteiger partial charge in [-0.2, -0.15) is 0 Å². The maximum absolute atomic E-state index is 13.5. The van der Waals surface area contributed by atoms with Crippen molar-refractivity contribution in [1.82, 2.24) is 5.32 Å². The number of unbranched alkanes of at least 4 members (excludes halogenated alkanes) is 43. The largest absolute Gasteiger partial charge is 0.472 e. The average molecular weight is 1130 g/mol. The van der Waals surface area contributed by atoms with E-state index in [4.69, 9.17) is 13.8 Å². The third-order valence-corrected chi connectivity index (χ3v) is 16.6. The molecule has 0 aliphatic carbocycles. The van der Waals surface area contributed by atoms with E-state index in [1.807, 2.05) is 33.3 Å². The molecule has 0 aromatic carbocycles. The smallest absolute Gasteiger partial charge is 0.456 e. The highest BCUT2D eigenvalue weighted by atomic mass is 31.2. The Kier molecular flexibility index (Phi) is 58.1. The molecule has 0 saturated heterocycles. The van der Waals surface area contributed by atoms with E-state index in [-0.39, 0.29) is 25.1 Å². The lowest BCUT2D eigenvalue weighted by Crippen LogP contribution is -2.47. The van der Waals surface area contributed by atoms with Gasteiger partial charge in [0.15, 0.2) is 0 Å². The molecule has 0 aromatic rings. The van der Waals surface area contributed by atoms with Crippen molar-refractivity contribution < 1.29 is 37.3 Å². The van der Waals surface area contributed by atoms with Crippen molar-refractivity contribution in [3.63, 3.8) is 0 Å². The molecule has 0 radical (unpaired) electrons. The number of esters is 1. The summed E-state index contributed by atoms with van der Waals surface area (Å²) in [5.41, 5.74) is 0. The Bertz CT molecular complexity index is 1450. The third-order valence-electron chi connectivity index (χ3n) is 15.6. The summed E-state index contributed by atoms with van der Waals surface area (Å²) in [4.78, 5) is 37.8. The summed E-state index contributed by atoms with van der Waals surface area (Å²) in [6.07, 6.45) is 73.1. The summed E-state index contributed by atoms with van der Waals surface area (Å²) in [5, 5.41) is 3.06. The molecule has 9 nitrogen and oxygen atoms in total. The van der Waals surface area contributed by atoms with E-state index in [1.165, 1.54) is 225 Å². The second-order valence-electron chi connectivity index (χ2n) is 24.7. The monoisotopic (exact) mass is 1130 g/mol. The second kappa shape index (κ2) is 59.4. The van der Waals surface area contributed by atoms with Gasteiger partial charge in [0.2, 0.25) is 5.91 Å². The van der Waals surface area contributed by atoms with E-state index in [0.717, 1.165) is 83.5 Å². The fraction of sp³-hybridized carbons (Fsp3) is 0.884. The molecule has 3 atom stereocenters. The SMILES string of the molecule is CC/C=C/C/C=C/CCCCCCCCCC(=O)NC(COP(=O)(O)OCC[N+](C)(C)C)C(/C=C\CCCCCCCCCCCC)OC(=O)CCCCCCCCCCCCCCCCCCCCCCCCCCCCC. The molecule has 466 valence electrons. The first-order valence-corrected chi connectivity index (χ1v) is 35.8. The van der Waals surface area contributed by atoms with Gasteiger partial charge in [-0.3, -0.25) is 18.6 Å². The van der Waals surface area contributed by atoms with Gasteiger partial charge >= 0.3 is 13.8 Å². The summed E-state index contributed by atoms with van der Waals surface area (Å²) >= 11 is 0. The first-order valence-electron chi connectivity index (χ1n) is 34.3. The minimum Gasteiger partial charge on any atom is -0.456 e. The Labute approximate surface area is 491 Å². The van der Waals surface area contributed by atoms with Gasteiger partial charge < -0.3 is 19.4 Å². The van der Waals surface area contributed by atoms with Crippen molar-refractivity contribution in [2.24, 2.45) is 0 Å². The van der Waals surface area contributed by atoms with Gasteiger partial charge in [-0.25, -0.2) is 4.57 Å². The molecule has 0 aliphatic rings. The van der Waals surface area contributed by atoms with Crippen LogP contribution in [0.3, 0.4) is 0 Å². The maximum atomic E-state index is 13.5. The van der Waals surface area contributed by atoms with Crippen LogP contribution in [0.15, 0.2) is 36.5 Å². The quantitative estimate of drug-likeness (QED) is 0.0205. The molecule has 0 rings (SSSR count). The lowest BCUT2D eigenvalue weighted by atomic mass is 10.0. The van der Waals surface area contributed by atoms with Gasteiger partial charge in [0, 0.05) is 12.8 Å². The van der Waals surface area contributed by atoms with Crippen molar-refractivity contribution >= 4 is 19.7 Å². The number of nitrogens with zero attached hydrogens (tertiary/aromatic N) is 1. The molecule has 0 aromatic heterocycles.